The lowest BCUT2D eigenvalue weighted by Gasteiger charge is -2.10. The predicted octanol–water partition coefficient (Wildman–Crippen LogP) is 1.73. The minimum absolute atomic E-state index is 0.0121. The molecule has 0 spiro atoms. The Kier molecular flexibility index (Phi) is 7.15. The number of sulfonamides is 2. The van der Waals surface area contributed by atoms with Crippen LogP contribution in [0.25, 0.3) is 0 Å². The maximum atomic E-state index is 12.3. The first-order valence-corrected chi connectivity index (χ1v) is 13.0. The number of aryl methyl sites for hydroxylation is 2. The average molecular weight is 466 g/mol. The topological polar surface area (TPSA) is 121 Å². The zero-order chi connectivity index (χ0) is 22.6. The van der Waals surface area contributed by atoms with Crippen molar-refractivity contribution in [1.29, 1.82) is 0 Å². The highest BCUT2D eigenvalue weighted by Crippen LogP contribution is 2.22. The standard InChI is InChI=1S/C21H27N3O5S2/c1-15-3-8-20(13-16(15)2)30(26,27)23-12-11-21(25)22-14-17-4-9-19(10-5-17)31(28,29)24-18-6-7-18/h3-5,8-10,13,18,23-24H,6-7,11-12,14H2,1-2H3,(H,22,25). The van der Waals surface area contributed by atoms with Gasteiger partial charge in [0.15, 0.2) is 0 Å². The lowest BCUT2D eigenvalue weighted by Crippen LogP contribution is -2.30. The SMILES string of the molecule is Cc1ccc(S(=O)(=O)NCCC(=O)NCc2ccc(S(=O)(=O)NC3CC3)cc2)cc1C. The first kappa shape index (κ1) is 23.4. The number of carbonyl (C=O) groups is 1. The van der Waals surface area contributed by atoms with Gasteiger partial charge in [0.1, 0.15) is 0 Å². The molecular weight excluding hydrogens is 438 g/mol. The molecule has 1 saturated carbocycles. The summed E-state index contributed by atoms with van der Waals surface area (Å²) in [5.74, 6) is -0.310. The van der Waals surface area contributed by atoms with Gasteiger partial charge in [-0.15, -0.1) is 0 Å². The molecule has 0 bridgehead atoms. The Balaban J connectivity index is 1.45. The van der Waals surface area contributed by atoms with E-state index in [9.17, 15) is 21.6 Å². The number of carbonyl (C=O) groups excluding carboxylic acids is 1. The Bertz CT molecular complexity index is 1160. The van der Waals surface area contributed by atoms with Gasteiger partial charge in [0.25, 0.3) is 0 Å². The van der Waals surface area contributed by atoms with Gasteiger partial charge in [-0.05, 0) is 67.6 Å². The van der Waals surface area contributed by atoms with Crippen LogP contribution in [0.15, 0.2) is 52.3 Å². The van der Waals surface area contributed by atoms with Crippen molar-refractivity contribution in [3.8, 4) is 0 Å². The van der Waals surface area contributed by atoms with Gasteiger partial charge in [0.05, 0.1) is 9.79 Å². The van der Waals surface area contributed by atoms with Crippen LogP contribution in [0.3, 0.4) is 0 Å². The molecule has 0 atom stereocenters. The van der Waals surface area contributed by atoms with Gasteiger partial charge in [0, 0.05) is 25.6 Å². The van der Waals surface area contributed by atoms with E-state index in [1.54, 1.807) is 24.3 Å². The van der Waals surface area contributed by atoms with Crippen LogP contribution in [0.4, 0.5) is 0 Å². The van der Waals surface area contributed by atoms with E-state index in [2.05, 4.69) is 14.8 Å². The fraction of sp³-hybridized carbons (Fsp3) is 0.381. The summed E-state index contributed by atoms with van der Waals surface area (Å²) in [4.78, 5) is 12.4. The summed E-state index contributed by atoms with van der Waals surface area (Å²) in [6.45, 7) is 3.94. The van der Waals surface area contributed by atoms with Gasteiger partial charge in [-0.25, -0.2) is 26.3 Å². The molecule has 0 unspecified atom stereocenters. The Morgan fingerprint density at radius 3 is 2.16 bits per heavy atom. The Morgan fingerprint density at radius 1 is 0.903 bits per heavy atom. The molecule has 10 heteroatoms. The van der Waals surface area contributed by atoms with Crippen LogP contribution in [0.1, 0.15) is 36.0 Å². The number of rotatable bonds is 10. The molecule has 1 aliphatic rings. The van der Waals surface area contributed by atoms with Crippen LogP contribution in [-0.2, 0) is 31.4 Å². The monoisotopic (exact) mass is 465 g/mol. The molecule has 2 aromatic carbocycles. The van der Waals surface area contributed by atoms with E-state index >= 15 is 0 Å². The van der Waals surface area contributed by atoms with Crippen molar-refractivity contribution >= 4 is 26.0 Å². The first-order chi connectivity index (χ1) is 14.6. The second-order valence-corrected chi connectivity index (χ2v) is 11.2. The highest BCUT2D eigenvalue weighted by molar-refractivity contribution is 7.89. The molecule has 8 nitrogen and oxygen atoms in total. The lowest BCUT2D eigenvalue weighted by atomic mass is 10.1. The highest BCUT2D eigenvalue weighted by atomic mass is 32.2. The zero-order valence-corrected chi connectivity index (χ0v) is 19.1. The van der Waals surface area contributed by atoms with Gasteiger partial charge in [0.2, 0.25) is 26.0 Å². The second kappa shape index (κ2) is 9.47. The van der Waals surface area contributed by atoms with E-state index in [-0.39, 0.29) is 41.3 Å². The molecule has 0 heterocycles. The summed E-state index contributed by atoms with van der Waals surface area (Å²) >= 11 is 0. The number of hydrogen-bond acceptors (Lipinski definition) is 5. The van der Waals surface area contributed by atoms with Gasteiger partial charge in [-0.2, -0.15) is 0 Å². The molecule has 0 aromatic heterocycles. The molecule has 0 aliphatic heterocycles. The molecule has 0 radical (unpaired) electrons. The largest absolute Gasteiger partial charge is 0.352 e. The molecule has 1 aliphatic carbocycles. The number of amides is 1. The van der Waals surface area contributed by atoms with Crippen molar-refractivity contribution in [2.75, 3.05) is 6.54 Å². The molecular formula is C21H27N3O5S2. The van der Waals surface area contributed by atoms with Crippen LogP contribution in [-0.4, -0.2) is 35.3 Å². The molecule has 0 saturated heterocycles. The van der Waals surface area contributed by atoms with E-state index < -0.39 is 20.0 Å². The summed E-state index contributed by atoms with van der Waals surface area (Å²) < 4.78 is 54.1. The van der Waals surface area contributed by atoms with Crippen molar-refractivity contribution in [3.05, 3.63) is 59.2 Å². The van der Waals surface area contributed by atoms with E-state index in [4.69, 9.17) is 0 Å². The average Bonchev–Trinajstić information content (AvgIpc) is 3.52. The molecule has 168 valence electrons. The predicted molar refractivity (Wildman–Crippen MR) is 117 cm³/mol. The van der Waals surface area contributed by atoms with Gasteiger partial charge < -0.3 is 5.32 Å². The smallest absolute Gasteiger partial charge is 0.240 e. The van der Waals surface area contributed by atoms with Crippen molar-refractivity contribution in [1.82, 2.24) is 14.8 Å². The maximum absolute atomic E-state index is 12.3. The number of hydrogen-bond donors (Lipinski definition) is 3. The molecule has 1 amide bonds. The van der Waals surface area contributed by atoms with Gasteiger partial charge >= 0.3 is 0 Å². The van der Waals surface area contributed by atoms with Crippen LogP contribution < -0.4 is 14.8 Å². The Labute approximate surface area is 183 Å². The first-order valence-electron chi connectivity index (χ1n) is 10.0. The van der Waals surface area contributed by atoms with Gasteiger partial charge in [-0.3, -0.25) is 4.79 Å². The van der Waals surface area contributed by atoms with Crippen molar-refractivity contribution in [3.63, 3.8) is 0 Å². The Morgan fingerprint density at radius 2 is 1.55 bits per heavy atom. The minimum Gasteiger partial charge on any atom is -0.352 e. The van der Waals surface area contributed by atoms with Crippen molar-refractivity contribution in [2.45, 2.75) is 55.5 Å². The molecule has 3 N–H and O–H groups in total. The molecule has 1 fully saturated rings. The van der Waals surface area contributed by atoms with E-state index in [1.165, 1.54) is 18.2 Å². The lowest BCUT2D eigenvalue weighted by molar-refractivity contribution is -0.121. The third-order valence-corrected chi connectivity index (χ3v) is 8.05. The number of benzene rings is 2. The zero-order valence-electron chi connectivity index (χ0n) is 17.5. The van der Waals surface area contributed by atoms with E-state index in [0.29, 0.717) is 0 Å². The molecule has 31 heavy (non-hydrogen) atoms. The second-order valence-electron chi connectivity index (χ2n) is 7.71. The summed E-state index contributed by atoms with van der Waals surface area (Å²) in [5.41, 5.74) is 2.63. The van der Waals surface area contributed by atoms with E-state index in [1.807, 2.05) is 13.8 Å². The summed E-state index contributed by atoms with van der Waals surface area (Å²) in [6, 6.07) is 11.2. The Hall–Kier alpha value is -2.27. The number of nitrogens with one attached hydrogen (secondary N) is 3. The quantitative estimate of drug-likeness (QED) is 0.493. The third kappa shape index (κ3) is 6.60. The van der Waals surface area contributed by atoms with Crippen LogP contribution in [0.5, 0.6) is 0 Å². The van der Waals surface area contributed by atoms with Crippen molar-refractivity contribution < 1.29 is 21.6 Å². The van der Waals surface area contributed by atoms with Gasteiger partial charge in [-0.1, -0.05) is 18.2 Å². The van der Waals surface area contributed by atoms with Crippen LogP contribution >= 0.6 is 0 Å². The molecule has 2 aromatic rings. The fourth-order valence-corrected chi connectivity index (χ4v) is 5.25. The normalized spacial score (nSPS) is 14.4. The summed E-state index contributed by atoms with van der Waals surface area (Å²) in [6.07, 6.45) is 1.72. The van der Waals surface area contributed by atoms with E-state index in [0.717, 1.165) is 29.5 Å². The van der Waals surface area contributed by atoms with Crippen LogP contribution in [0.2, 0.25) is 0 Å². The van der Waals surface area contributed by atoms with Crippen LogP contribution in [0, 0.1) is 13.8 Å². The fourth-order valence-electron chi connectivity index (χ4n) is 2.83. The van der Waals surface area contributed by atoms with Crippen molar-refractivity contribution in [2.24, 2.45) is 0 Å². The highest BCUT2D eigenvalue weighted by Gasteiger charge is 2.27. The maximum Gasteiger partial charge on any atom is 0.240 e. The minimum atomic E-state index is -3.68. The summed E-state index contributed by atoms with van der Waals surface area (Å²) in [7, 11) is -7.18. The molecule has 3 rings (SSSR count). The third-order valence-electron chi connectivity index (χ3n) is 5.06. The summed E-state index contributed by atoms with van der Waals surface area (Å²) in [5, 5.41) is 2.70.